The lowest BCUT2D eigenvalue weighted by molar-refractivity contribution is -0.385. The molecule has 1 aliphatic rings. The number of rotatable bonds is 6. The fraction of sp³-hybridized carbons (Fsp3) is 0.130. The molecule has 2 N–H and O–H groups in total. The van der Waals surface area contributed by atoms with Crippen LogP contribution in [0.1, 0.15) is 23.1 Å². The number of amides is 1. The van der Waals surface area contributed by atoms with E-state index >= 15 is 0 Å². The Labute approximate surface area is 172 Å². The summed E-state index contributed by atoms with van der Waals surface area (Å²) in [5.41, 5.74) is 4.40. The predicted octanol–water partition coefficient (Wildman–Crippen LogP) is 3.76. The molecular weight excluding hydrogens is 382 g/mol. The fourth-order valence-electron chi connectivity index (χ4n) is 3.88. The first-order valence-electron chi connectivity index (χ1n) is 9.44. The van der Waals surface area contributed by atoms with Crippen molar-refractivity contribution in [3.63, 3.8) is 0 Å². The van der Waals surface area contributed by atoms with Gasteiger partial charge in [0.05, 0.1) is 17.1 Å². The number of aromatic hydroxyl groups is 1. The molecule has 30 heavy (non-hydrogen) atoms. The highest BCUT2D eigenvalue weighted by Crippen LogP contribution is 2.58. The molecular formula is C23H19N3O4. The van der Waals surface area contributed by atoms with Crippen molar-refractivity contribution < 1.29 is 14.8 Å². The lowest BCUT2D eigenvalue weighted by Crippen LogP contribution is -2.25. The number of phenolic OH excluding ortho intramolecular Hbond substituents is 1. The number of nitrogens with one attached hydrogen (secondary N) is 1. The Morgan fingerprint density at radius 1 is 1.07 bits per heavy atom. The predicted molar refractivity (Wildman–Crippen MR) is 112 cm³/mol. The number of hydrogen-bond acceptors (Lipinski definition) is 5. The van der Waals surface area contributed by atoms with Crippen molar-refractivity contribution in [2.45, 2.75) is 11.8 Å². The standard InChI is InChI=1S/C23H19N3O4/c27-21-13-16(11-12-20(21)26(29)30)15-24-25-22(28)19-14-23(19,17-7-3-1-4-8-17)18-9-5-2-6-10-18/h1-13,15,19,27H,14H2,(H,25,28)/t19-/m1/s1. The van der Waals surface area contributed by atoms with Gasteiger partial charge in [-0.15, -0.1) is 0 Å². The highest BCUT2D eigenvalue weighted by molar-refractivity contribution is 5.88. The van der Waals surface area contributed by atoms with Gasteiger partial charge in [0.2, 0.25) is 5.91 Å². The average Bonchev–Trinajstić information content (AvgIpc) is 3.52. The zero-order valence-corrected chi connectivity index (χ0v) is 15.9. The van der Waals surface area contributed by atoms with Gasteiger partial charge in [0, 0.05) is 11.5 Å². The number of carbonyl (C=O) groups is 1. The Kier molecular flexibility index (Phi) is 5.02. The molecule has 0 unspecified atom stereocenters. The van der Waals surface area contributed by atoms with Crippen LogP contribution in [0.3, 0.4) is 0 Å². The molecule has 0 saturated heterocycles. The van der Waals surface area contributed by atoms with Crippen molar-refractivity contribution in [1.29, 1.82) is 0 Å². The van der Waals surface area contributed by atoms with E-state index in [1.807, 2.05) is 60.7 Å². The Balaban J connectivity index is 1.51. The summed E-state index contributed by atoms with van der Waals surface area (Å²) in [7, 11) is 0. The maximum atomic E-state index is 12.8. The second kappa shape index (κ2) is 7.79. The van der Waals surface area contributed by atoms with Crippen LogP contribution in [-0.4, -0.2) is 22.2 Å². The maximum Gasteiger partial charge on any atom is 0.310 e. The molecule has 1 atom stereocenters. The third-order valence-electron chi connectivity index (χ3n) is 5.44. The quantitative estimate of drug-likeness (QED) is 0.373. The molecule has 0 spiro atoms. The van der Waals surface area contributed by atoms with Gasteiger partial charge in [-0.2, -0.15) is 5.10 Å². The number of nitro benzene ring substituents is 1. The SMILES string of the molecule is O=C(NN=Cc1ccc([N+](=O)[O-])c(O)c1)[C@H]1CC1(c1ccccc1)c1ccccc1. The van der Waals surface area contributed by atoms with Gasteiger partial charge in [-0.05, 0) is 35.2 Å². The first-order chi connectivity index (χ1) is 14.5. The van der Waals surface area contributed by atoms with Crippen LogP contribution in [0.5, 0.6) is 5.75 Å². The molecule has 150 valence electrons. The highest BCUT2D eigenvalue weighted by Gasteiger charge is 2.60. The molecule has 0 radical (unpaired) electrons. The summed E-state index contributed by atoms with van der Waals surface area (Å²) >= 11 is 0. The molecule has 3 aromatic carbocycles. The van der Waals surface area contributed by atoms with E-state index in [2.05, 4.69) is 10.5 Å². The second-order valence-corrected chi connectivity index (χ2v) is 7.20. The first kappa shape index (κ1) is 19.3. The lowest BCUT2D eigenvalue weighted by atomic mass is 9.85. The van der Waals surface area contributed by atoms with Crippen molar-refractivity contribution in [2.75, 3.05) is 0 Å². The molecule has 1 fully saturated rings. The van der Waals surface area contributed by atoms with Crippen molar-refractivity contribution in [3.8, 4) is 5.75 Å². The molecule has 0 heterocycles. The van der Waals surface area contributed by atoms with Crippen LogP contribution in [-0.2, 0) is 10.2 Å². The summed E-state index contributed by atoms with van der Waals surface area (Å²) in [6, 6.07) is 23.7. The van der Waals surface area contributed by atoms with E-state index in [0.29, 0.717) is 12.0 Å². The summed E-state index contributed by atoms with van der Waals surface area (Å²) in [4.78, 5) is 22.9. The maximum absolute atomic E-state index is 12.8. The van der Waals surface area contributed by atoms with E-state index < -0.39 is 10.7 Å². The van der Waals surface area contributed by atoms with Crippen molar-refractivity contribution in [3.05, 3.63) is 106 Å². The van der Waals surface area contributed by atoms with E-state index in [1.54, 1.807) is 0 Å². The molecule has 1 amide bonds. The minimum atomic E-state index is -0.669. The summed E-state index contributed by atoms with van der Waals surface area (Å²) < 4.78 is 0. The van der Waals surface area contributed by atoms with Gasteiger partial charge in [0.15, 0.2) is 5.75 Å². The number of benzene rings is 3. The second-order valence-electron chi connectivity index (χ2n) is 7.20. The number of carbonyl (C=O) groups excluding carboxylic acids is 1. The normalized spacial score (nSPS) is 16.9. The molecule has 1 aliphatic carbocycles. The zero-order valence-electron chi connectivity index (χ0n) is 15.9. The van der Waals surface area contributed by atoms with Crippen molar-refractivity contribution in [2.24, 2.45) is 11.0 Å². The molecule has 7 nitrogen and oxygen atoms in total. The molecule has 0 bridgehead atoms. The Bertz CT molecular complexity index is 1070. The average molecular weight is 401 g/mol. The van der Waals surface area contributed by atoms with Gasteiger partial charge in [-0.1, -0.05) is 60.7 Å². The molecule has 0 aliphatic heterocycles. The van der Waals surface area contributed by atoms with Gasteiger partial charge in [-0.3, -0.25) is 14.9 Å². The van der Waals surface area contributed by atoms with E-state index in [9.17, 15) is 20.0 Å². The topological polar surface area (TPSA) is 105 Å². The largest absolute Gasteiger partial charge is 0.502 e. The Morgan fingerprint density at radius 3 is 2.20 bits per heavy atom. The first-order valence-corrected chi connectivity index (χ1v) is 9.44. The minimum absolute atomic E-state index is 0.204. The van der Waals surface area contributed by atoms with Gasteiger partial charge in [0.1, 0.15) is 0 Å². The number of hydrogen-bond donors (Lipinski definition) is 2. The number of nitro groups is 1. The van der Waals surface area contributed by atoms with E-state index in [0.717, 1.165) is 11.1 Å². The third kappa shape index (κ3) is 3.53. The van der Waals surface area contributed by atoms with Gasteiger partial charge >= 0.3 is 5.69 Å². The lowest BCUT2D eigenvalue weighted by Gasteiger charge is -2.18. The van der Waals surface area contributed by atoms with Gasteiger partial charge in [-0.25, -0.2) is 5.43 Å². The number of nitrogens with zero attached hydrogens (tertiary/aromatic N) is 2. The highest BCUT2D eigenvalue weighted by atomic mass is 16.6. The Morgan fingerprint density at radius 2 is 1.67 bits per heavy atom. The zero-order chi connectivity index (χ0) is 21.1. The van der Waals surface area contributed by atoms with Crippen LogP contribution in [0, 0.1) is 16.0 Å². The van der Waals surface area contributed by atoms with Gasteiger partial charge < -0.3 is 5.11 Å². The third-order valence-corrected chi connectivity index (χ3v) is 5.44. The monoisotopic (exact) mass is 401 g/mol. The van der Waals surface area contributed by atoms with Crippen LogP contribution in [0.4, 0.5) is 5.69 Å². The molecule has 0 aromatic heterocycles. The Hall–Kier alpha value is -4.00. The summed E-state index contributed by atoms with van der Waals surface area (Å²) in [6.07, 6.45) is 2.02. The molecule has 1 saturated carbocycles. The van der Waals surface area contributed by atoms with E-state index in [-0.39, 0.29) is 22.9 Å². The molecule has 3 aromatic rings. The summed E-state index contributed by atoms with van der Waals surface area (Å²) in [5, 5.41) is 24.4. The van der Waals surface area contributed by atoms with Crippen LogP contribution >= 0.6 is 0 Å². The van der Waals surface area contributed by atoms with Crippen LogP contribution in [0.25, 0.3) is 0 Å². The summed E-state index contributed by atoms with van der Waals surface area (Å²) in [5.74, 6) is -0.917. The van der Waals surface area contributed by atoms with Crippen molar-refractivity contribution >= 4 is 17.8 Å². The summed E-state index contributed by atoms with van der Waals surface area (Å²) in [6.45, 7) is 0. The van der Waals surface area contributed by atoms with E-state index in [4.69, 9.17) is 0 Å². The fourth-order valence-corrected chi connectivity index (χ4v) is 3.88. The molecule has 7 heteroatoms. The number of phenols is 1. The van der Waals surface area contributed by atoms with Gasteiger partial charge in [0.25, 0.3) is 0 Å². The van der Waals surface area contributed by atoms with E-state index in [1.165, 1.54) is 24.4 Å². The van der Waals surface area contributed by atoms with Crippen molar-refractivity contribution in [1.82, 2.24) is 5.43 Å². The minimum Gasteiger partial charge on any atom is -0.502 e. The number of hydrazone groups is 1. The molecule has 4 rings (SSSR count). The van der Waals surface area contributed by atoms with Crippen LogP contribution in [0.15, 0.2) is 84.0 Å². The van der Waals surface area contributed by atoms with Crippen LogP contribution < -0.4 is 5.43 Å². The van der Waals surface area contributed by atoms with Crippen LogP contribution in [0.2, 0.25) is 0 Å². The smallest absolute Gasteiger partial charge is 0.310 e.